The number of carbonyl (C=O) groups is 1. The topological polar surface area (TPSA) is 17.1 Å². The van der Waals surface area contributed by atoms with Gasteiger partial charge in [0.15, 0.2) is 6.29 Å². The van der Waals surface area contributed by atoms with Gasteiger partial charge in [-0.3, -0.25) is 4.79 Å². The standard InChI is InChI=1S/C11H10Cl2O/c12-6-2-1-3-9-4-5-10(8-14)11(13)7-9/h1,3-5,7-8H,2,6H2. The van der Waals surface area contributed by atoms with Gasteiger partial charge in [0, 0.05) is 11.4 Å². The number of allylic oxidation sites excluding steroid dienone is 1. The summed E-state index contributed by atoms with van der Waals surface area (Å²) in [5.41, 5.74) is 1.49. The largest absolute Gasteiger partial charge is 0.298 e. The van der Waals surface area contributed by atoms with Gasteiger partial charge in [0.25, 0.3) is 0 Å². The van der Waals surface area contributed by atoms with Crippen LogP contribution >= 0.6 is 23.2 Å². The zero-order valence-electron chi connectivity index (χ0n) is 7.54. The van der Waals surface area contributed by atoms with Crippen molar-refractivity contribution >= 4 is 35.6 Å². The van der Waals surface area contributed by atoms with Gasteiger partial charge in [-0.25, -0.2) is 0 Å². The van der Waals surface area contributed by atoms with Crippen LogP contribution in [-0.2, 0) is 0 Å². The van der Waals surface area contributed by atoms with E-state index in [0.717, 1.165) is 18.3 Å². The SMILES string of the molecule is O=Cc1ccc(C=CCCCl)cc1Cl. The van der Waals surface area contributed by atoms with Crippen molar-refractivity contribution in [2.75, 3.05) is 5.88 Å². The molecule has 0 unspecified atom stereocenters. The zero-order valence-corrected chi connectivity index (χ0v) is 9.05. The minimum atomic E-state index is 0.480. The average Bonchev–Trinajstić information content (AvgIpc) is 2.18. The van der Waals surface area contributed by atoms with Crippen molar-refractivity contribution in [3.8, 4) is 0 Å². The Morgan fingerprint density at radius 3 is 2.71 bits per heavy atom. The lowest BCUT2D eigenvalue weighted by Crippen LogP contribution is -1.82. The monoisotopic (exact) mass is 228 g/mol. The van der Waals surface area contributed by atoms with Crippen LogP contribution in [-0.4, -0.2) is 12.2 Å². The summed E-state index contributed by atoms with van der Waals surface area (Å²) in [7, 11) is 0. The first kappa shape index (κ1) is 11.3. The fraction of sp³-hybridized carbons (Fsp3) is 0.182. The van der Waals surface area contributed by atoms with Crippen molar-refractivity contribution in [2.45, 2.75) is 6.42 Å². The summed E-state index contributed by atoms with van der Waals surface area (Å²) in [5, 5.41) is 0.480. The van der Waals surface area contributed by atoms with Crippen LogP contribution in [0, 0.1) is 0 Å². The summed E-state index contributed by atoms with van der Waals surface area (Å²) in [6.07, 6.45) is 5.48. The Labute approximate surface area is 93.3 Å². The number of hydrogen-bond donors (Lipinski definition) is 0. The van der Waals surface area contributed by atoms with Crippen LogP contribution < -0.4 is 0 Å². The second kappa shape index (κ2) is 5.84. The Bertz CT molecular complexity index is 345. The summed E-state index contributed by atoms with van der Waals surface area (Å²) in [6.45, 7) is 0. The highest BCUT2D eigenvalue weighted by atomic mass is 35.5. The van der Waals surface area contributed by atoms with Gasteiger partial charge in [-0.05, 0) is 24.1 Å². The average molecular weight is 229 g/mol. The molecule has 1 rings (SSSR count). The van der Waals surface area contributed by atoms with Crippen LogP contribution in [0.3, 0.4) is 0 Å². The quantitative estimate of drug-likeness (QED) is 0.567. The number of hydrogen-bond acceptors (Lipinski definition) is 1. The third-order valence-corrected chi connectivity index (χ3v) is 2.28. The molecule has 0 aromatic heterocycles. The van der Waals surface area contributed by atoms with E-state index in [9.17, 15) is 4.79 Å². The van der Waals surface area contributed by atoms with Gasteiger partial charge in [0.2, 0.25) is 0 Å². The van der Waals surface area contributed by atoms with E-state index in [2.05, 4.69) is 0 Å². The normalized spacial score (nSPS) is 10.7. The molecule has 0 saturated heterocycles. The second-order valence-corrected chi connectivity index (χ2v) is 3.56. The fourth-order valence-electron chi connectivity index (χ4n) is 1.03. The number of rotatable bonds is 4. The molecule has 0 N–H and O–H groups in total. The van der Waals surface area contributed by atoms with Crippen LogP contribution in [0.15, 0.2) is 24.3 Å². The molecule has 0 radical (unpaired) electrons. The summed E-state index contributed by atoms with van der Waals surface area (Å²) in [4.78, 5) is 10.5. The van der Waals surface area contributed by atoms with E-state index in [-0.39, 0.29) is 0 Å². The van der Waals surface area contributed by atoms with Gasteiger partial charge < -0.3 is 0 Å². The van der Waals surface area contributed by atoms with Gasteiger partial charge in [-0.15, -0.1) is 11.6 Å². The summed E-state index contributed by atoms with van der Waals surface area (Å²) < 4.78 is 0. The van der Waals surface area contributed by atoms with Gasteiger partial charge in [-0.1, -0.05) is 29.8 Å². The predicted octanol–water partition coefficient (Wildman–Crippen LogP) is 3.79. The van der Waals surface area contributed by atoms with Crippen LogP contribution in [0.1, 0.15) is 22.3 Å². The maximum atomic E-state index is 10.5. The lowest BCUT2D eigenvalue weighted by Gasteiger charge is -1.97. The first-order valence-corrected chi connectivity index (χ1v) is 5.16. The molecule has 0 aliphatic carbocycles. The molecule has 0 saturated carbocycles. The van der Waals surface area contributed by atoms with E-state index in [1.54, 1.807) is 12.1 Å². The van der Waals surface area contributed by atoms with Crippen LogP contribution in [0.5, 0.6) is 0 Å². The van der Waals surface area contributed by atoms with Crippen molar-refractivity contribution in [1.82, 2.24) is 0 Å². The molecule has 0 aliphatic heterocycles. The van der Waals surface area contributed by atoms with Crippen LogP contribution in [0.2, 0.25) is 5.02 Å². The molecule has 0 spiro atoms. The lowest BCUT2D eigenvalue weighted by molar-refractivity contribution is 0.112. The fourth-order valence-corrected chi connectivity index (χ4v) is 1.38. The van der Waals surface area contributed by atoms with Crippen molar-refractivity contribution in [2.24, 2.45) is 0 Å². The second-order valence-electron chi connectivity index (χ2n) is 2.78. The molecule has 1 aromatic rings. The molecule has 0 fully saturated rings. The number of aldehydes is 1. The summed E-state index contributed by atoms with van der Waals surface area (Å²) >= 11 is 11.4. The first-order chi connectivity index (χ1) is 6.77. The number of carbonyl (C=O) groups excluding carboxylic acids is 1. The van der Waals surface area contributed by atoms with Gasteiger partial charge in [-0.2, -0.15) is 0 Å². The molecule has 3 heteroatoms. The highest BCUT2D eigenvalue weighted by molar-refractivity contribution is 6.33. The summed E-state index contributed by atoms with van der Waals surface area (Å²) in [6, 6.07) is 5.31. The Balaban J connectivity index is 2.81. The van der Waals surface area contributed by atoms with E-state index >= 15 is 0 Å². The Morgan fingerprint density at radius 1 is 1.36 bits per heavy atom. The molecule has 14 heavy (non-hydrogen) atoms. The van der Waals surface area contributed by atoms with E-state index in [1.807, 2.05) is 18.2 Å². The maximum absolute atomic E-state index is 10.5. The van der Waals surface area contributed by atoms with Gasteiger partial charge in [0.05, 0.1) is 5.02 Å². The zero-order chi connectivity index (χ0) is 10.4. The van der Waals surface area contributed by atoms with Crippen molar-refractivity contribution < 1.29 is 4.79 Å². The maximum Gasteiger partial charge on any atom is 0.151 e. The Kier molecular flexibility index (Phi) is 4.71. The molecule has 74 valence electrons. The number of alkyl halides is 1. The predicted molar refractivity (Wildman–Crippen MR) is 61.2 cm³/mol. The van der Waals surface area contributed by atoms with E-state index in [4.69, 9.17) is 23.2 Å². The third kappa shape index (κ3) is 3.17. The summed E-state index contributed by atoms with van der Waals surface area (Å²) in [5.74, 6) is 0.608. The van der Waals surface area contributed by atoms with Crippen molar-refractivity contribution in [3.05, 3.63) is 40.4 Å². The minimum Gasteiger partial charge on any atom is -0.298 e. The Morgan fingerprint density at radius 2 is 2.14 bits per heavy atom. The number of benzene rings is 1. The first-order valence-electron chi connectivity index (χ1n) is 4.25. The highest BCUT2D eigenvalue weighted by Crippen LogP contribution is 2.17. The highest BCUT2D eigenvalue weighted by Gasteiger charge is 1.97. The van der Waals surface area contributed by atoms with E-state index < -0.39 is 0 Å². The van der Waals surface area contributed by atoms with Gasteiger partial charge >= 0.3 is 0 Å². The lowest BCUT2D eigenvalue weighted by atomic mass is 10.1. The molecule has 0 atom stereocenters. The van der Waals surface area contributed by atoms with Gasteiger partial charge in [0.1, 0.15) is 0 Å². The minimum absolute atomic E-state index is 0.480. The molecule has 0 aliphatic rings. The third-order valence-electron chi connectivity index (χ3n) is 1.74. The van der Waals surface area contributed by atoms with E-state index in [0.29, 0.717) is 16.5 Å². The molecular weight excluding hydrogens is 219 g/mol. The molecule has 0 heterocycles. The molecule has 0 amide bonds. The molecule has 1 aromatic carbocycles. The smallest absolute Gasteiger partial charge is 0.151 e. The number of halogens is 2. The molecule has 0 bridgehead atoms. The van der Waals surface area contributed by atoms with Crippen molar-refractivity contribution in [1.29, 1.82) is 0 Å². The van der Waals surface area contributed by atoms with Crippen LogP contribution in [0.4, 0.5) is 0 Å². The van der Waals surface area contributed by atoms with E-state index in [1.165, 1.54) is 0 Å². The molecular formula is C11H10Cl2O. The van der Waals surface area contributed by atoms with Crippen molar-refractivity contribution in [3.63, 3.8) is 0 Å². The van der Waals surface area contributed by atoms with Crippen LogP contribution in [0.25, 0.3) is 6.08 Å². The molecule has 1 nitrogen and oxygen atoms in total. The Hall–Kier alpha value is -0.790.